The van der Waals surface area contributed by atoms with E-state index < -0.39 is 0 Å². The lowest BCUT2D eigenvalue weighted by molar-refractivity contribution is 0.475. The largest absolute Gasteiger partial charge is 0.508 e. The zero-order chi connectivity index (χ0) is 16.5. The Bertz CT molecular complexity index is 630. The number of rotatable bonds is 6. The van der Waals surface area contributed by atoms with E-state index >= 15 is 0 Å². The quantitative estimate of drug-likeness (QED) is 0.348. The molecule has 6 heteroatoms. The molecule has 0 aliphatic heterocycles. The predicted molar refractivity (Wildman–Crippen MR) is 111 cm³/mol. The van der Waals surface area contributed by atoms with E-state index in [1.54, 1.807) is 12.1 Å². The van der Waals surface area contributed by atoms with Gasteiger partial charge in [-0.3, -0.25) is 0 Å². The van der Waals surface area contributed by atoms with Gasteiger partial charge in [-0.2, -0.15) is 0 Å². The van der Waals surface area contributed by atoms with Crippen LogP contribution in [0.2, 0.25) is 5.02 Å². The lowest BCUT2D eigenvalue weighted by Gasteiger charge is -2.11. The SMILES string of the molecule is CCNC(=NCc1ccc(O)cc1)NCCc1ccc(Cl)cc1.I. The van der Waals surface area contributed by atoms with Crippen LogP contribution in [0.15, 0.2) is 53.5 Å². The summed E-state index contributed by atoms with van der Waals surface area (Å²) in [6.45, 7) is 4.21. The van der Waals surface area contributed by atoms with E-state index in [0.29, 0.717) is 6.54 Å². The summed E-state index contributed by atoms with van der Waals surface area (Å²) in [4.78, 5) is 4.55. The Morgan fingerprint density at radius 3 is 2.25 bits per heavy atom. The molecule has 2 aromatic rings. The lowest BCUT2D eigenvalue weighted by atomic mass is 10.1. The van der Waals surface area contributed by atoms with Crippen LogP contribution < -0.4 is 10.6 Å². The van der Waals surface area contributed by atoms with Gasteiger partial charge in [0.05, 0.1) is 6.54 Å². The number of halogens is 2. The average Bonchev–Trinajstić information content (AvgIpc) is 2.56. The van der Waals surface area contributed by atoms with E-state index in [-0.39, 0.29) is 29.7 Å². The fourth-order valence-corrected chi connectivity index (χ4v) is 2.22. The Balaban J connectivity index is 0.00000288. The monoisotopic (exact) mass is 459 g/mol. The minimum absolute atomic E-state index is 0. The molecule has 130 valence electrons. The molecule has 0 aliphatic rings. The van der Waals surface area contributed by atoms with Crippen molar-refractivity contribution in [2.75, 3.05) is 13.1 Å². The fourth-order valence-electron chi connectivity index (χ4n) is 2.09. The van der Waals surface area contributed by atoms with Gasteiger partial charge in [0.2, 0.25) is 0 Å². The van der Waals surface area contributed by atoms with Crippen LogP contribution >= 0.6 is 35.6 Å². The van der Waals surface area contributed by atoms with E-state index in [1.165, 1.54) is 5.56 Å². The molecule has 0 fully saturated rings. The Hall–Kier alpha value is -1.47. The maximum absolute atomic E-state index is 9.29. The van der Waals surface area contributed by atoms with Crippen molar-refractivity contribution in [1.82, 2.24) is 10.6 Å². The zero-order valence-corrected chi connectivity index (χ0v) is 16.7. The predicted octanol–water partition coefficient (Wildman–Crippen LogP) is 3.96. The second-order valence-corrected chi connectivity index (χ2v) is 5.60. The number of guanidine groups is 1. The number of phenolic OH excluding ortho intramolecular Hbond substituents is 1. The number of nitrogens with zero attached hydrogens (tertiary/aromatic N) is 1. The van der Waals surface area contributed by atoms with Gasteiger partial charge in [0.1, 0.15) is 5.75 Å². The average molecular weight is 460 g/mol. The molecule has 0 radical (unpaired) electrons. The molecule has 3 N–H and O–H groups in total. The summed E-state index contributed by atoms with van der Waals surface area (Å²) in [6.07, 6.45) is 0.904. The second-order valence-electron chi connectivity index (χ2n) is 5.16. The van der Waals surface area contributed by atoms with Crippen molar-refractivity contribution in [1.29, 1.82) is 0 Å². The normalized spacial score (nSPS) is 10.8. The highest BCUT2D eigenvalue weighted by molar-refractivity contribution is 14.0. The highest BCUT2D eigenvalue weighted by Crippen LogP contribution is 2.10. The molecular formula is C18H23ClIN3O. The number of hydrogen-bond acceptors (Lipinski definition) is 2. The van der Waals surface area contributed by atoms with Crippen molar-refractivity contribution in [2.45, 2.75) is 19.9 Å². The van der Waals surface area contributed by atoms with Gasteiger partial charge in [0.25, 0.3) is 0 Å². The molecule has 0 saturated carbocycles. The first-order valence-electron chi connectivity index (χ1n) is 7.72. The molecule has 0 atom stereocenters. The number of aromatic hydroxyl groups is 1. The Morgan fingerprint density at radius 2 is 1.62 bits per heavy atom. The van der Waals surface area contributed by atoms with Gasteiger partial charge >= 0.3 is 0 Å². The van der Waals surface area contributed by atoms with E-state index in [9.17, 15) is 5.11 Å². The van der Waals surface area contributed by atoms with Crippen LogP contribution in [0.1, 0.15) is 18.1 Å². The van der Waals surface area contributed by atoms with Crippen molar-refractivity contribution in [3.05, 3.63) is 64.7 Å². The molecule has 2 rings (SSSR count). The Labute approximate surface area is 165 Å². The Kier molecular flexibility index (Phi) is 9.56. The summed E-state index contributed by atoms with van der Waals surface area (Å²) in [5, 5.41) is 16.6. The van der Waals surface area contributed by atoms with Gasteiger partial charge in [-0.05, 0) is 48.7 Å². The minimum atomic E-state index is 0. The fraction of sp³-hybridized carbons (Fsp3) is 0.278. The number of benzene rings is 2. The molecule has 0 heterocycles. The smallest absolute Gasteiger partial charge is 0.191 e. The van der Waals surface area contributed by atoms with Gasteiger partial charge in [0.15, 0.2) is 5.96 Å². The standard InChI is InChI=1S/C18H22ClN3O.HI/c1-2-20-18(22-13-15-5-9-17(23)10-6-15)21-12-11-14-3-7-16(19)8-4-14;/h3-10,23H,2,11-13H2,1H3,(H2,20,21,22);1H. The molecule has 0 aromatic heterocycles. The summed E-state index contributed by atoms with van der Waals surface area (Å²) in [5.74, 6) is 1.06. The van der Waals surface area contributed by atoms with Gasteiger partial charge in [0, 0.05) is 18.1 Å². The number of hydrogen-bond donors (Lipinski definition) is 3. The maximum atomic E-state index is 9.29. The molecule has 0 spiro atoms. The van der Waals surface area contributed by atoms with Crippen LogP contribution in [0.5, 0.6) is 5.75 Å². The van der Waals surface area contributed by atoms with Crippen LogP contribution in [0, 0.1) is 0 Å². The zero-order valence-electron chi connectivity index (χ0n) is 13.6. The van der Waals surface area contributed by atoms with Crippen molar-refractivity contribution in [2.24, 2.45) is 4.99 Å². The third-order valence-electron chi connectivity index (χ3n) is 3.32. The van der Waals surface area contributed by atoms with Gasteiger partial charge in [-0.25, -0.2) is 4.99 Å². The molecule has 0 unspecified atom stereocenters. The molecule has 24 heavy (non-hydrogen) atoms. The third kappa shape index (κ3) is 7.40. The summed E-state index contributed by atoms with van der Waals surface area (Å²) in [6, 6.07) is 15.0. The maximum Gasteiger partial charge on any atom is 0.191 e. The molecule has 0 aliphatic carbocycles. The van der Waals surface area contributed by atoms with Crippen LogP contribution in [0.3, 0.4) is 0 Å². The van der Waals surface area contributed by atoms with E-state index in [0.717, 1.165) is 36.1 Å². The van der Waals surface area contributed by atoms with Crippen LogP contribution in [0.4, 0.5) is 0 Å². The number of phenols is 1. The summed E-state index contributed by atoms with van der Waals surface area (Å²) < 4.78 is 0. The number of aliphatic imine (C=N–C) groups is 1. The topological polar surface area (TPSA) is 56.7 Å². The van der Waals surface area contributed by atoms with Gasteiger partial charge in [-0.15, -0.1) is 24.0 Å². The van der Waals surface area contributed by atoms with E-state index in [2.05, 4.69) is 15.6 Å². The highest BCUT2D eigenvalue weighted by Gasteiger charge is 1.99. The highest BCUT2D eigenvalue weighted by atomic mass is 127. The lowest BCUT2D eigenvalue weighted by Crippen LogP contribution is -2.38. The van der Waals surface area contributed by atoms with Crippen molar-refractivity contribution < 1.29 is 5.11 Å². The third-order valence-corrected chi connectivity index (χ3v) is 3.57. The van der Waals surface area contributed by atoms with Crippen LogP contribution in [-0.4, -0.2) is 24.2 Å². The van der Waals surface area contributed by atoms with Gasteiger partial charge < -0.3 is 15.7 Å². The molecule has 0 bridgehead atoms. The van der Waals surface area contributed by atoms with Crippen molar-refractivity contribution in [3.8, 4) is 5.75 Å². The van der Waals surface area contributed by atoms with E-state index in [1.807, 2.05) is 43.3 Å². The number of nitrogens with one attached hydrogen (secondary N) is 2. The first-order chi connectivity index (χ1) is 11.2. The molecule has 2 aromatic carbocycles. The van der Waals surface area contributed by atoms with Crippen LogP contribution in [0.25, 0.3) is 0 Å². The minimum Gasteiger partial charge on any atom is -0.508 e. The first-order valence-corrected chi connectivity index (χ1v) is 8.09. The first kappa shape index (κ1) is 20.6. The Morgan fingerprint density at radius 1 is 1.00 bits per heavy atom. The van der Waals surface area contributed by atoms with Crippen molar-refractivity contribution in [3.63, 3.8) is 0 Å². The summed E-state index contributed by atoms with van der Waals surface area (Å²) in [7, 11) is 0. The summed E-state index contributed by atoms with van der Waals surface area (Å²) >= 11 is 5.89. The van der Waals surface area contributed by atoms with Crippen molar-refractivity contribution >= 4 is 41.5 Å². The van der Waals surface area contributed by atoms with Gasteiger partial charge in [-0.1, -0.05) is 35.9 Å². The van der Waals surface area contributed by atoms with E-state index in [4.69, 9.17) is 11.6 Å². The second kappa shape index (κ2) is 11.1. The molecular weight excluding hydrogens is 437 g/mol. The summed E-state index contributed by atoms with van der Waals surface area (Å²) in [5.41, 5.74) is 2.29. The molecule has 0 amide bonds. The molecule has 4 nitrogen and oxygen atoms in total. The molecule has 0 saturated heterocycles. The van der Waals surface area contributed by atoms with Crippen LogP contribution in [-0.2, 0) is 13.0 Å².